The van der Waals surface area contributed by atoms with Gasteiger partial charge in [0.05, 0.1) is 17.2 Å². The fraction of sp³-hybridized carbons (Fsp3) is 0.276. The fourth-order valence-corrected chi connectivity index (χ4v) is 4.71. The quantitative estimate of drug-likeness (QED) is 0.266. The Labute approximate surface area is 214 Å². The Morgan fingerprint density at radius 2 is 1.68 bits per heavy atom. The summed E-state index contributed by atoms with van der Waals surface area (Å²) >= 11 is 0. The van der Waals surface area contributed by atoms with Crippen molar-refractivity contribution >= 4 is 22.5 Å². The second kappa shape index (κ2) is 11.6. The van der Waals surface area contributed by atoms with E-state index in [4.69, 9.17) is 5.73 Å². The van der Waals surface area contributed by atoms with Crippen molar-refractivity contribution in [2.24, 2.45) is 5.73 Å². The number of fused-ring (bicyclic) bond motifs is 1. The summed E-state index contributed by atoms with van der Waals surface area (Å²) in [5.74, 6) is -2.04. The number of nitrogens with zero attached hydrogens (tertiary/aromatic N) is 1. The van der Waals surface area contributed by atoms with E-state index in [-0.39, 0.29) is 18.4 Å². The van der Waals surface area contributed by atoms with Gasteiger partial charge in [0.15, 0.2) is 0 Å². The number of carbonyl (C=O) groups excluding carboxylic acids is 1. The normalized spacial score (nSPS) is 13.0. The van der Waals surface area contributed by atoms with Crippen molar-refractivity contribution in [3.63, 3.8) is 0 Å². The predicted octanol–water partition coefficient (Wildman–Crippen LogP) is 5.48. The van der Waals surface area contributed by atoms with Gasteiger partial charge in [-0.05, 0) is 59.9 Å². The molecule has 0 saturated carbocycles. The van der Waals surface area contributed by atoms with Gasteiger partial charge in [-0.3, -0.25) is 4.79 Å². The van der Waals surface area contributed by atoms with E-state index in [0.29, 0.717) is 35.2 Å². The summed E-state index contributed by atoms with van der Waals surface area (Å²) < 4.78 is 43.7. The summed E-state index contributed by atoms with van der Waals surface area (Å²) in [7, 11) is 0. The molecule has 0 aliphatic rings. The van der Waals surface area contributed by atoms with Crippen LogP contribution in [0.15, 0.2) is 66.9 Å². The van der Waals surface area contributed by atoms with Crippen LogP contribution in [0.5, 0.6) is 0 Å². The second-order valence-electron chi connectivity index (χ2n) is 9.31. The van der Waals surface area contributed by atoms with E-state index < -0.39 is 23.5 Å². The van der Waals surface area contributed by atoms with Gasteiger partial charge < -0.3 is 20.9 Å². The number of nitrogens with two attached hydrogens (primary N) is 1. The first-order valence-corrected chi connectivity index (χ1v) is 12.3. The molecule has 0 fully saturated rings. The molecular weight excluding hydrogens is 477 g/mol. The zero-order valence-electron chi connectivity index (χ0n) is 20.9. The zero-order chi connectivity index (χ0) is 26.5. The molecule has 0 aliphatic heterocycles. The van der Waals surface area contributed by atoms with E-state index >= 15 is 0 Å². The Bertz CT molecular complexity index is 1380. The summed E-state index contributed by atoms with van der Waals surface area (Å²) in [6, 6.07) is 15.1. The molecular formula is C29H31F3N4O. The highest BCUT2D eigenvalue weighted by Crippen LogP contribution is 2.31. The number of halogens is 3. The average Bonchev–Trinajstić information content (AvgIpc) is 3.17. The molecule has 0 aliphatic carbocycles. The lowest BCUT2D eigenvalue weighted by Crippen LogP contribution is -2.40. The second-order valence-corrected chi connectivity index (χ2v) is 9.31. The Balaban J connectivity index is 1.67. The third kappa shape index (κ3) is 6.58. The first kappa shape index (κ1) is 26.4. The van der Waals surface area contributed by atoms with E-state index in [2.05, 4.69) is 29.7 Å². The summed E-state index contributed by atoms with van der Waals surface area (Å²) in [6.07, 6.45) is 2.88. The SMILES string of the molecule is CCc1cccc(CNCC(C(N)Cc2cc(F)cc(F)c2)n2cc(NC(C)=O)c3cc(F)ccc32)c1. The van der Waals surface area contributed by atoms with Crippen LogP contribution in [0.2, 0.25) is 0 Å². The molecule has 5 nitrogen and oxygen atoms in total. The number of rotatable bonds is 10. The minimum absolute atomic E-state index is 0.211. The Kier molecular flexibility index (Phi) is 8.31. The van der Waals surface area contributed by atoms with Gasteiger partial charge in [0.1, 0.15) is 17.5 Å². The first-order chi connectivity index (χ1) is 17.7. The van der Waals surface area contributed by atoms with Crippen LogP contribution in [0.1, 0.15) is 36.6 Å². The molecule has 4 rings (SSSR count). The van der Waals surface area contributed by atoms with E-state index in [9.17, 15) is 18.0 Å². The smallest absolute Gasteiger partial charge is 0.221 e. The Morgan fingerprint density at radius 1 is 0.946 bits per heavy atom. The molecule has 194 valence electrons. The van der Waals surface area contributed by atoms with Gasteiger partial charge in [0.2, 0.25) is 5.91 Å². The molecule has 0 bridgehead atoms. The van der Waals surface area contributed by atoms with E-state index in [0.717, 1.165) is 18.1 Å². The van der Waals surface area contributed by atoms with Crippen LogP contribution in [-0.2, 0) is 24.2 Å². The van der Waals surface area contributed by atoms with Crippen LogP contribution in [0.4, 0.5) is 18.9 Å². The number of aromatic nitrogens is 1. The zero-order valence-corrected chi connectivity index (χ0v) is 20.9. The Morgan fingerprint density at radius 3 is 2.38 bits per heavy atom. The number of carbonyl (C=O) groups is 1. The van der Waals surface area contributed by atoms with Crippen molar-refractivity contribution in [2.75, 3.05) is 11.9 Å². The van der Waals surface area contributed by atoms with Crippen molar-refractivity contribution in [2.45, 2.75) is 45.3 Å². The maximum atomic E-state index is 14.1. The monoisotopic (exact) mass is 508 g/mol. The molecule has 3 aromatic carbocycles. The molecule has 4 N–H and O–H groups in total. The predicted molar refractivity (Wildman–Crippen MR) is 141 cm³/mol. The van der Waals surface area contributed by atoms with Crippen molar-refractivity contribution in [3.05, 3.63) is 101 Å². The van der Waals surface area contributed by atoms with Gasteiger partial charge in [-0.2, -0.15) is 0 Å². The maximum Gasteiger partial charge on any atom is 0.221 e. The van der Waals surface area contributed by atoms with Gasteiger partial charge in [-0.25, -0.2) is 13.2 Å². The van der Waals surface area contributed by atoms with Crippen molar-refractivity contribution in [1.82, 2.24) is 9.88 Å². The van der Waals surface area contributed by atoms with E-state index in [1.165, 1.54) is 36.8 Å². The molecule has 1 aromatic heterocycles. The highest BCUT2D eigenvalue weighted by atomic mass is 19.1. The highest BCUT2D eigenvalue weighted by Gasteiger charge is 2.24. The topological polar surface area (TPSA) is 72.1 Å². The van der Waals surface area contributed by atoms with E-state index in [1.54, 1.807) is 12.3 Å². The van der Waals surface area contributed by atoms with E-state index in [1.807, 2.05) is 16.7 Å². The average molecular weight is 509 g/mol. The third-order valence-electron chi connectivity index (χ3n) is 6.43. The van der Waals surface area contributed by atoms with Crippen LogP contribution < -0.4 is 16.4 Å². The largest absolute Gasteiger partial charge is 0.339 e. The van der Waals surface area contributed by atoms with Crippen LogP contribution >= 0.6 is 0 Å². The molecule has 37 heavy (non-hydrogen) atoms. The van der Waals surface area contributed by atoms with Gasteiger partial charge >= 0.3 is 0 Å². The number of amides is 1. The Hall–Kier alpha value is -3.62. The number of anilines is 1. The highest BCUT2D eigenvalue weighted by molar-refractivity contribution is 6.01. The maximum absolute atomic E-state index is 14.1. The first-order valence-electron chi connectivity index (χ1n) is 12.3. The molecule has 2 unspecified atom stereocenters. The third-order valence-corrected chi connectivity index (χ3v) is 6.43. The minimum Gasteiger partial charge on any atom is -0.339 e. The van der Waals surface area contributed by atoms with Crippen LogP contribution in [0, 0.1) is 17.5 Å². The lowest BCUT2D eigenvalue weighted by atomic mass is 9.99. The van der Waals surface area contributed by atoms with Crippen LogP contribution in [-0.4, -0.2) is 23.1 Å². The summed E-state index contributed by atoms with van der Waals surface area (Å²) in [4.78, 5) is 11.8. The van der Waals surface area contributed by atoms with Gasteiger partial charge in [-0.15, -0.1) is 0 Å². The van der Waals surface area contributed by atoms with Crippen molar-refractivity contribution in [3.8, 4) is 0 Å². The molecule has 2 atom stereocenters. The summed E-state index contributed by atoms with van der Waals surface area (Å²) in [5.41, 5.74) is 10.6. The lowest BCUT2D eigenvalue weighted by Gasteiger charge is -2.27. The van der Waals surface area contributed by atoms with Crippen molar-refractivity contribution < 1.29 is 18.0 Å². The van der Waals surface area contributed by atoms with Crippen LogP contribution in [0.3, 0.4) is 0 Å². The molecule has 1 heterocycles. The molecule has 0 radical (unpaired) electrons. The summed E-state index contributed by atoms with van der Waals surface area (Å²) in [5, 5.41) is 6.76. The molecule has 0 spiro atoms. The molecule has 0 saturated heterocycles. The van der Waals surface area contributed by atoms with Gasteiger partial charge in [-0.1, -0.05) is 31.2 Å². The molecule has 4 aromatic rings. The number of nitrogens with one attached hydrogen (secondary N) is 2. The van der Waals surface area contributed by atoms with Crippen molar-refractivity contribution in [1.29, 1.82) is 0 Å². The number of hydrogen-bond acceptors (Lipinski definition) is 3. The number of hydrogen-bond donors (Lipinski definition) is 3. The van der Waals surface area contributed by atoms with Gasteiger partial charge in [0, 0.05) is 43.7 Å². The fourth-order valence-electron chi connectivity index (χ4n) is 4.71. The number of benzene rings is 3. The van der Waals surface area contributed by atoms with Gasteiger partial charge in [0.25, 0.3) is 0 Å². The van der Waals surface area contributed by atoms with Crippen LogP contribution in [0.25, 0.3) is 10.9 Å². The lowest BCUT2D eigenvalue weighted by molar-refractivity contribution is -0.114. The number of aryl methyl sites for hydroxylation is 1. The minimum atomic E-state index is -0.664. The molecule has 1 amide bonds. The standard InChI is InChI=1S/C29H31F3N4O/c1-3-19-5-4-6-20(9-19)15-34-16-29(26(33)12-21-10-23(31)13-24(32)11-21)36-17-27(35-18(2)37)25-14-22(30)7-8-28(25)36/h4-11,13-14,17,26,29,34H,3,12,15-16,33H2,1-2H3,(H,35,37). The summed E-state index contributed by atoms with van der Waals surface area (Å²) in [6.45, 7) is 4.51. The molecule has 8 heteroatoms.